The van der Waals surface area contributed by atoms with E-state index in [0.717, 1.165) is 12.8 Å². The third kappa shape index (κ3) is 3.85. The summed E-state index contributed by atoms with van der Waals surface area (Å²) in [5, 5.41) is 0. The fraction of sp³-hybridized carbons (Fsp3) is 0.682. The molecule has 27 heavy (non-hydrogen) atoms. The van der Waals surface area contributed by atoms with Gasteiger partial charge in [-0.3, -0.25) is 4.79 Å². The lowest BCUT2D eigenvalue weighted by molar-refractivity contribution is -0.186. The number of ether oxygens (including phenoxy) is 2. The molecule has 1 aliphatic carbocycles. The molecule has 1 aromatic heterocycles. The molecule has 0 N–H and O–H groups in total. The van der Waals surface area contributed by atoms with Crippen LogP contribution in [0.3, 0.4) is 0 Å². The average molecular weight is 373 g/mol. The van der Waals surface area contributed by atoms with Crippen LogP contribution in [0.15, 0.2) is 12.1 Å². The molecule has 3 heterocycles. The van der Waals surface area contributed by atoms with Crippen LogP contribution in [0.4, 0.5) is 0 Å². The number of rotatable bonds is 3. The van der Waals surface area contributed by atoms with Gasteiger partial charge in [0.05, 0.1) is 13.2 Å². The van der Waals surface area contributed by atoms with E-state index in [2.05, 4.69) is 24.5 Å². The molecule has 3 aliphatic rings. The van der Waals surface area contributed by atoms with Gasteiger partial charge in [-0.15, -0.1) is 0 Å². The zero-order chi connectivity index (χ0) is 18.9. The lowest BCUT2D eigenvalue weighted by atomic mass is 9.95. The zero-order valence-corrected chi connectivity index (χ0v) is 16.7. The van der Waals surface area contributed by atoms with Crippen LogP contribution in [0.5, 0.6) is 0 Å². The SMILES string of the molecule is Cc1cc(/C=C/C(=O)N2CCC3(CC2)OCCO3)c(C)n1C1CCCCC1. The highest BCUT2D eigenvalue weighted by Gasteiger charge is 2.40. The first-order valence-electron chi connectivity index (χ1n) is 10.5. The van der Waals surface area contributed by atoms with Gasteiger partial charge in [0.25, 0.3) is 0 Å². The molecule has 0 radical (unpaired) electrons. The van der Waals surface area contributed by atoms with Crippen molar-refractivity contribution in [3.05, 3.63) is 29.1 Å². The summed E-state index contributed by atoms with van der Waals surface area (Å²) in [5.41, 5.74) is 3.76. The second kappa shape index (κ2) is 7.80. The Morgan fingerprint density at radius 1 is 1.11 bits per heavy atom. The third-order valence-corrected chi connectivity index (χ3v) is 6.52. The molecule has 5 heteroatoms. The van der Waals surface area contributed by atoms with Crippen molar-refractivity contribution in [3.63, 3.8) is 0 Å². The van der Waals surface area contributed by atoms with Gasteiger partial charge in [-0.25, -0.2) is 0 Å². The third-order valence-electron chi connectivity index (χ3n) is 6.52. The number of likely N-dealkylation sites (tertiary alicyclic amines) is 1. The second-order valence-electron chi connectivity index (χ2n) is 8.25. The van der Waals surface area contributed by atoms with Crippen molar-refractivity contribution in [3.8, 4) is 0 Å². The molecule has 0 atom stereocenters. The molecule has 0 aromatic carbocycles. The molecule has 4 rings (SSSR count). The summed E-state index contributed by atoms with van der Waals surface area (Å²) in [6.45, 7) is 7.11. The molecule has 1 saturated carbocycles. The van der Waals surface area contributed by atoms with E-state index in [1.807, 2.05) is 11.0 Å². The van der Waals surface area contributed by atoms with Gasteiger partial charge >= 0.3 is 0 Å². The number of hydrogen-bond acceptors (Lipinski definition) is 3. The maximum absolute atomic E-state index is 12.6. The van der Waals surface area contributed by atoms with Crippen LogP contribution in [-0.4, -0.2) is 47.5 Å². The van der Waals surface area contributed by atoms with Crippen LogP contribution in [0.2, 0.25) is 0 Å². The van der Waals surface area contributed by atoms with Gasteiger partial charge in [0.2, 0.25) is 5.91 Å². The number of aryl methyl sites for hydroxylation is 1. The van der Waals surface area contributed by atoms with Crippen LogP contribution in [-0.2, 0) is 14.3 Å². The molecule has 2 saturated heterocycles. The molecule has 0 bridgehead atoms. The van der Waals surface area contributed by atoms with Crippen molar-refractivity contribution in [2.75, 3.05) is 26.3 Å². The Bertz CT molecular complexity index is 699. The monoisotopic (exact) mass is 372 g/mol. The van der Waals surface area contributed by atoms with Crippen molar-refractivity contribution >= 4 is 12.0 Å². The Morgan fingerprint density at radius 2 is 1.78 bits per heavy atom. The predicted molar refractivity (Wildman–Crippen MR) is 106 cm³/mol. The largest absolute Gasteiger partial charge is 0.347 e. The summed E-state index contributed by atoms with van der Waals surface area (Å²) >= 11 is 0. The quantitative estimate of drug-likeness (QED) is 0.754. The Kier molecular flexibility index (Phi) is 5.42. The number of nitrogens with zero attached hydrogens (tertiary/aromatic N) is 2. The molecule has 1 aromatic rings. The van der Waals surface area contributed by atoms with Crippen molar-refractivity contribution in [2.45, 2.75) is 70.6 Å². The number of amides is 1. The summed E-state index contributed by atoms with van der Waals surface area (Å²) in [5.74, 6) is -0.337. The standard InChI is InChI=1S/C22H32N2O3/c1-17-16-19(18(2)24(17)20-6-4-3-5-7-20)8-9-21(25)23-12-10-22(11-13-23)26-14-15-27-22/h8-9,16,20H,3-7,10-15H2,1-2H3/b9-8+. The van der Waals surface area contributed by atoms with E-state index in [0.29, 0.717) is 32.3 Å². The van der Waals surface area contributed by atoms with Crippen LogP contribution in [0.1, 0.15) is 67.9 Å². The van der Waals surface area contributed by atoms with Gasteiger partial charge in [0.1, 0.15) is 0 Å². The molecule has 2 aliphatic heterocycles. The number of carbonyl (C=O) groups is 1. The van der Waals surface area contributed by atoms with Crippen molar-refractivity contribution in [2.24, 2.45) is 0 Å². The molecule has 1 spiro atoms. The van der Waals surface area contributed by atoms with Crippen molar-refractivity contribution < 1.29 is 14.3 Å². The van der Waals surface area contributed by atoms with E-state index >= 15 is 0 Å². The van der Waals surface area contributed by atoms with Crippen LogP contribution < -0.4 is 0 Å². The van der Waals surface area contributed by atoms with E-state index in [4.69, 9.17) is 9.47 Å². The topological polar surface area (TPSA) is 43.7 Å². The number of piperidine rings is 1. The summed E-state index contributed by atoms with van der Waals surface area (Å²) in [7, 11) is 0. The molecule has 5 nitrogen and oxygen atoms in total. The Morgan fingerprint density at radius 3 is 2.44 bits per heavy atom. The summed E-state index contributed by atoms with van der Waals surface area (Å²) in [4.78, 5) is 14.5. The van der Waals surface area contributed by atoms with Gasteiger partial charge in [-0.1, -0.05) is 19.3 Å². The Labute approximate surface area is 162 Å². The fourth-order valence-electron chi connectivity index (χ4n) is 4.99. The molecular formula is C22H32N2O3. The first-order valence-corrected chi connectivity index (χ1v) is 10.5. The minimum atomic E-state index is -0.425. The normalized spacial score (nSPS) is 23.6. The highest BCUT2D eigenvalue weighted by atomic mass is 16.7. The van der Waals surface area contributed by atoms with E-state index < -0.39 is 5.79 Å². The Balaban J connectivity index is 1.40. The van der Waals surface area contributed by atoms with Gasteiger partial charge in [-0.05, 0) is 44.4 Å². The van der Waals surface area contributed by atoms with Crippen LogP contribution >= 0.6 is 0 Å². The fourth-order valence-corrected chi connectivity index (χ4v) is 4.99. The van der Waals surface area contributed by atoms with Crippen LogP contribution in [0.25, 0.3) is 6.08 Å². The Hall–Kier alpha value is -1.59. The van der Waals surface area contributed by atoms with Crippen molar-refractivity contribution in [1.29, 1.82) is 0 Å². The lowest BCUT2D eigenvalue weighted by Crippen LogP contribution is -2.46. The van der Waals surface area contributed by atoms with Crippen molar-refractivity contribution in [1.82, 2.24) is 9.47 Å². The minimum Gasteiger partial charge on any atom is -0.347 e. The number of hydrogen-bond donors (Lipinski definition) is 0. The second-order valence-corrected chi connectivity index (χ2v) is 8.25. The van der Waals surface area contributed by atoms with Gasteiger partial charge in [0.15, 0.2) is 5.79 Å². The summed E-state index contributed by atoms with van der Waals surface area (Å²) in [6.07, 6.45) is 11.8. The van der Waals surface area contributed by atoms with Crippen LogP contribution in [0, 0.1) is 13.8 Å². The lowest BCUT2D eigenvalue weighted by Gasteiger charge is -2.37. The molecule has 0 unspecified atom stereocenters. The number of carbonyl (C=O) groups excluding carboxylic acids is 1. The first kappa shape index (κ1) is 18.8. The molecular weight excluding hydrogens is 340 g/mol. The minimum absolute atomic E-state index is 0.0883. The summed E-state index contributed by atoms with van der Waals surface area (Å²) in [6, 6.07) is 2.85. The van der Waals surface area contributed by atoms with Gasteiger partial charge < -0.3 is 18.9 Å². The van der Waals surface area contributed by atoms with Gasteiger partial charge in [0, 0.05) is 49.4 Å². The van der Waals surface area contributed by atoms with E-state index in [1.54, 1.807) is 6.08 Å². The molecule has 1 amide bonds. The maximum atomic E-state index is 12.6. The van der Waals surface area contributed by atoms with E-state index in [9.17, 15) is 4.79 Å². The van der Waals surface area contributed by atoms with E-state index in [1.165, 1.54) is 49.1 Å². The molecule has 148 valence electrons. The smallest absolute Gasteiger partial charge is 0.246 e. The maximum Gasteiger partial charge on any atom is 0.246 e. The first-order chi connectivity index (χ1) is 13.1. The van der Waals surface area contributed by atoms with E-state index in [-0.39, 0.29) is 5.91 Å². The molecule has 3 fully saturated rings. The zero-order valence-electron chi connectivity index (χ0n) is 16.7. The number of aromatic nitrogens is 1. The summed E-state index contributed by atoms with van der Waals surface area (Å²) < 4.78 is 14.0. The highest BCUT2D eigenvalue weighted by Crippen LogP contribution is 2.33. The average Bonchev–Trinajstić information content (AvgIpc) is 3.25. The van der Waals surface area contributed by atoms with Gasteiger partial charge in [-0.2, -0.15) is 0 Å². The highest BCUT2D eigenvalue weighted by molar-refractivity contribution is 5.92. The predicted octanol–water partition coefficient (Wildman–Crippen LogP) is 3.99.